The zero-order valence-electron chi connectivity index (χ0n) is 20.4. The summed E-state index contributed by atoms with van der Waals surface area (Å²) in [6, 6.07) is 8.52. The van der Waals surface area contributed by atoms with Crippen LogP contribution in [0.3, 0.4) is 0 Å². The van der Waals surface area contributed by atoms with E-state index >= 15 is 0 Å². The summed E-state index contributed by atoms with van der Waals surface area (Å²) < 4.78 is 0. The lowest BCUT2D eigenvalue weighted by Crippen LogP contribution is -1.96. The van der Waals surface area contributed by atoms with Gasteiger partial charge in [0.2, 0.25) is 0 Å². The van der Waals surface area contributed by atoms with Crippen molar-refractivity contribution < 1.29 is 9.90 Å². The van der Waals surface area contributed by atoms with Crippen LogP contribution in [0.25, 0.3) is 0 Å². The molecule has 1 aromatic carbocycles. The van der Waals surface area contributed by atoms with Crippen molar-refractivity contribution >= 4 is 6.29 Å². The minimum absolute atomic E-state index is 0. The Morgan fingerprint density at radius 1 is 0.903 bits per heavy atom. The summed E-state index contributed by atoms with van der Waals surface area (Å²) in [6.45, 7) is 15.2. The molecule has 0 bridgehead atoms. The average molecular weight is 429 g/mol. The first-order chi connectivity index (χ1) is 14.2. The van der Waals surface area contributed by atoms with Crippen LogP contribution in [0, 0.1) is 0 Å². The third-order valence-electron chi connectivity index (χ3n) is 5.16. The van der Waals surface area contributed by atoms with Crippen molar-refractivity contribution in [3.8, 4) is 0 Å². The van der Waals surface area contributed by atoms with Gasteiger partial charge in [0.1, 0.15) is 6.29 Å². The van der Waals surface area contributed by atoms with Crippen LogP contribution in [-0.2, 0) is 4.79 Å². The Bertz CT molecular complexity index is 688. The highest BCUT2D eigenvalue weighted by Crippen LogP contribution is 2.22. The normalized spacial score (nSPS) is 12.4. The van der Waals surface area contributed by atoms with Gasteiger partial charge in [0.15, 0.2) is 0 Å². The second-order valence-corrected chi connectivity index (χ2v) is 8.77. The quantitative estimate of drug-likeness (QED) is 0.283. The van der Waals surface area contributed by atoms with E-state index in [0.717, 1.165) is 32.0 Å². The van der Waals surface area contributed by atoms with Crippen molar-refractivity contribution in [3.63, 3.8) is 0 Å². The Kier molecular flexibility index (Phi) is 19.0. The second-order valence-electron chi connectivity index (χ2n) is 8.77. The third kappa shape index (κ3) is 16.4. The van der Waals surface area contributed by atoms with Gasteiger partial charge in [-0.25, -0.2) is 0 Å². The van der Waals surface area contributed by atoms with Gasteiger partial charge in [0.05, 0.1) is 6.61 Å². The fourth-order valence-electron chi connectivity index (χ4n) is 3.00. The molecular weight excluding hydrogens is 380 g/mol. The first-order valence-corrected chi connectivity index (χ1v) is 11.3. The van der Waals surface area contributed by atoms with Crippen LogP contribution in [-0.4, -0.2) is 18.0 Å². The number of carbonyl (C=O) groups is 1. The lowest BCUT2D eigenvalue weighted by atomic mass is 9.93. The lowest BCUT2D eigenvalue weighted by molar-refractivity contribution is -0.108. The van der Waals surface area contributed by atoms with E-state index in [1.807, 2.05) is 6.08 Å². The topological polar surface area (TPSA) is 37.3 Å². The number of carbonyl (C=O) groups excluding carboxylic acids is 1. The molecule has 0 saturated heterocycles. The molecule has 0 fully saturated rings. The molecule has 2 nitrogen and oxygen atoms in total. The largest absolute Gasteiger partial charge is 0.392 e. The van der Waals surface area contributed by atoms with E-state index < -0.39 is 0 Å². The molecule has 0 saturated carbocycles. The van der Waals surface area contributed by atoms with Gasteiger partial charge in [0.25, 0.3) is 0 Å². The molecular formula is C29H48O2. The molecule has 0 aromatic heterocycles. The number of hydrogen-bond donors (Lipinski definition) is 1. The molecule has 0 aliphatic rings. The lowest BCUT2D eigenvalue weighted by Gasteiger charge is -2.11. The van der Waals surface area contributed by atoms with E-state index in [1.165, 1.54) is 27.8 Å². The van der Waals surface area contributed by atoms with Gasteiger partial charge in [-0.2, -0.15) is 0 Å². The van der Waals surface area contributed by atoms with Gasteiger partial charge in [-0.1, -0.05) is 87.4 Å². The highest BCUT2D eigenvalue weighted by Gasteiger charge is 2.06. The summed E-state index contributed by atoms with van der Waals surface area (Å²) in [6.07, 6.45) is 12.5. The Labute approximate surface area is 193 Å². The van der Waals surface area contributed by atoms with Gasteiger partial charge in [-0.05, 0) is 76.3 Å². The number of aliphatic hydroxyl groups is 1. The highest BCUT2D eigenvalue weighted by atomic mass is 16.2. The van der Waals surface area contributed by atoms with Crippen LogP contribution < -0.4 is 0 Å². The summed E-state index contributed by atoms with van der Waals surface area (Å²) in [5.41, 5.74) is 6.75. The highest BCUT2D eigenvalue weighted by molar-refractivity contribution is 5.51. The molecule has 1 N–H and O–H groups in total. The summed E-state index contributed by atoms with van der Waals surface area (Å²) in [7, 11) is 0. The van der Waals surface area contributed by atoms with Crippen LogP contribution in [0.15, 0.2) is 59.2 Å². The molecule has 0 aliphatic heterocycles. The minimum atomic E-state index is 0. The summed E-state index contributed by atoms with van der Waals surface area (Å²) >= 11 is 0. The maximum atomic E-state index is 10.4. The van der Waals surface area contributed by atoms with Crippen molar-refractivity contribution in [3.05, 3.63) is 70.3 Å². The first-order valence-electron chi connectivity index (χ1n) is 11.3. The second kappa shape index (κ2) is 18.8. The summed E-state index contributed by atoms with van der Waals surface area (Å²) in [5, 5.41) is 8.72. The van der Waals surface area contributed by atoms with E-state index in [4.69, 9.17) is 5.11 Å². The zero-order chi connectivity index (χ0) is 22.9. The number of allylic oxidation sites excluding steroid dienone is 5. The molecule has 31 heavy (non-hydrogen) atoms. The molecule has 1 atom stereocenters. The van der Waals surface area contributed by atoms with Gasteiger partial charge < -0.3 is 9.90 Å². The molecule has 2 heteroatoms. The third-order valence-corrected chi connectivity index (χ3v) is 5.16. The summed E-state index contributed by atoms with van der Waals surface area (Å²) in [4.78, 5) is 10.4. The van der Waals surface area contributed by atoms with E-state index in [2.05, 4.69) is 84.9 Å². The van der Waals surface area contributed by atoms with Gasteiger partial charge in [-0.3, -0.25) is 0 Å². The van der Waals surface area contributed by atoms with Crippen LogP contribution in [0.1, 0.15) is 111 Å². The molecule has 0 aliphatic carbocycles. The summed E-state index contributed by atoms with van der Waals surface area (Å²) in [5.74, 6) is 0.893. The maximum Gasteiger partial charge on any atom is 0.120 e. The number of benzene rings is 1. The minimum Gasteiger partial charge on any atom is -0.392 e. The van der Waals surface area contributed by atoms with Crippen molar-refractivity contribution in [2.24, 2.45) is 0 Å². The van der Waals surface area contributed by atoms with Crippen molar-refractivity contribution in [1.29, 1.82) is 0 Å². The standard InChI is InChI=1S/C15H26O.C13H18O.CH4/c1-13(2)7-5-8-14(3)9-6-10-15(4)11-12-16;1-10(2)12-5-4-6-13(9-12)11(3)7-8-14;/h7,9,11,16H,5-6,8,10,12H2,1-4H3;4-6,8-11H,7H2,1-3H3;1H4/b14-9+,15-11+;;. The Morgan fingerprint density at radius 2 is 1.45 bits per heavy atom. The number of aldehydes is 1. The van der Waals surface area contributed by atoms with Crippen LogP contribution >= 0.6 is 0 Å². The van der Waals surface area contributed by atoms with Gasteiger partial charge >= 0.3 is 0 Å². The molecule has 1 unspecified atom stereocenters. The van der Waals surface area contributed by atoms with Crippen LogP contribution in [0.2, 0.25) is 0 Å². The van der Waals surface area contributed by atoms with E-state index in [0.29, 0.717) is 18.3 Å². The van der Waals surface area contributed by atoms with E-state index in [9.17, 15) is 4.79 Å². The van der Waals surface area contributed by atoms with Gasteiger partial charge in [0, 0.05) is 6.42 Å². The molecule has 0 heterocycles. The average Bonchev–Trinajstić information content (AvgIpc) is 2.68. The number of hydrogen-bond acceptors (Lipinski definition) is 2. The molecule has 0 amide bonds. The van der Waals surface area contributed by atoms with Crippen molar-refractivity contribution in [1.82, 2.24) is 0 Å². The van der Waals surface area contributed by atoms with Crippen molar-refractivity contribution in [2.45, 2.75) is 99.8 Å². The fourth-order valence-corrected chi connectivity index (χ4v) is 3.00. The Balaban J connectivity index is 0. The SMILES string of the molecule is C.CC(C)=CCC/C(C)=C/CC/C(C)=C/CO.CC(C)c1cccc(C(C)CC=O)c1. The van der Waals surface area contributed by atoms with Crippen molar-refractivity contribution in [2.75, 3.05) is 6.61 Å². The van der Waals surface area contributed by atoms with E-state index in [-0.39, 0.29) is 14.0 Å². The van der Waals surface area contributed by atoms with Gasteiger partial charge in [-0.15, -0.1) is 0 Å². The molecule has 176 valence electrons. The molecule has 0 radical (unpaired) electrons. The smallest absolute Gasteiger partial charge is 0.120 e. The first kappa shape index (κ1) is 31.3. The predicted octanol–water partition coefficient (Wildman–Crippen LogP) is 8.54. The number of rotatable bonds is 11. The molecule has 0 spiro atoms. The predicted molar refractivity (Wildman–Crippen MR) is 139 cm³/mol. The van der Waals surface area contributed by atoms with Crippen LogP contribution in [0.4, 0.5) is 0 Å². The monoisotopic (exact) mass is 428 g/mol. The molecule has 1 aromatic rings. The van der Waals surface area contributed by atoms with Crippen LogP contribution in [0.5, 0.6) is 0 Å². The van der Waals surface area contributed by atoms with E-state index in [1.54, 1.807) is 0 Å². The Morgan fingerprint density at radius 3 is 1.97 bits per heavy atom. The number of aliphatic hydroxyl groups excluding tert-OH is 1. The Hall–Kier alpha value is -1.93. The maximum absolute atomic E-state index is 10.4. The zero-order valence-corrected chi connectivity index (χ0v) is 20.4. The molecule has 1 rings (SSSR count). The fraction of sp³-hybridized carbons (Fsp3) is 0.552.